The molecule has 5 nitrogen and oxygen atoms in total. The Kier molecular flexibility index (Phi) is 5.14. The van der Waals surface area contributed by atoms with Crippen LogP contribution in [0.1, 0.15) is 43.7 Å². The number of nitrogens with one attached hydrogen (secondary N) is 1. The second kappa shape index (κ2) is 6.56. The van der Waals surface area contributed by atoms with Crippen LogP contribution in [0.15, 0.2) is 17.0 Å². The fraction of sp³-hybridized carbons (Fsp3) is 0.625. The van der Waals surface area contributed by atoms with E-state index in [-0.39, 0.29) is 12.0 Å². The summed E-state index contributed by atoms with van der Waals surface area (Å²) in [7, 11) is -1.97. The summed E-state index contributed by atoms with van der Waals surface area (Å²) in [6.45, 7) is 6.15. The second-order valence-electron chi connectivity index (χ2n) is 6.32. The summed E-state index contributed by atoms with van der Waals surface area (Å²) in [4.78, 5) is 0.316. The van der Waals surface area contributed by atoms with Crippen LogP contribution >= 0.6 is 0 Å². The molecule has 1 unspecified atom stereocenters. The van der Waals surface area contributed by atoms with Crippen molar-refractivity contribution in [2.45, 2.75) is 50.5 Å². The van der Waals surface area contributed by atoms with E-state index >= 15 is 0 Å². The molecular formula is C16H26N2O3S. The average molecular weight is 326 g/mol. The van der Waals surface area contributed by atoms with Crippen molar-refractivity contribution < 1.29 is 13.2 Å². The predicted molar refractivity (Wildman–Crippen MR) is 87.7 cm³/mol. The molecule has 0 amide bonds. The van der Waals surface area contributed by atoms with Crippen molar-refractivity contribution in [3.8, 4) is 5.75 Å². The SMILES string of the molecule is COc1cc(C)c(S(=O)(=O)NC(CN)C2CC2)cc1C(C)C. The van der Waals surface area contributed by atoms with Gasteiger partial charge < -0.3 is 10.5 Å². The summed E-state index contributed by atoms with van der Waals surface area (Å²) < 4.78 is 33.6. The van der Waals surface area contributed by atoms with Gasteiger partial charge in [0.15, 0.2) is 0 Å². The van der Waals surface area contributed by atoms with E-state index in [0.717, 1.165) is 24.2 Å². The highest BCUT2D eigenvalue weighted by atomic mass is 32.2. The summed E-state index contributed by atoms with van der Waals surface area (Å²) >= 11 is 0. The van der Waals surface area contributed by atoms with Crippen LogP contribution in [0.5, 0.6) is 5.75 Å². The molecule has 22 heavy (non-hydrogen) atoms. The third kappa shape index (κ3) is 3.62. The maximum atomic E-state index is 12.7. The van der Waals surface area contributed by atoms with Gasteiger partial charge in [-0.1, -0.05) is 13.8 Å². The highest BCUT2D eigenvalue weighted by molar-refractivity contribution is 7.89. The molecule has 0 aromatic heterocycles. The van der Waals surface area contributed by atoms with Gasteiger partial charge in [-0.05, 0) is 54.9 Å². The summed E-state index contributed by atoms with van der Waals surface area (Å²) in [6, 6.07) is 3.34. The lowest BCUT2D eigenvalue weighted by Gasteiger charge is -2.20. The van der Waals surface area contributed by atoms with Crippen molar-refractivity contribution in [3.05, 3.63) is 23.3 Å². The van der Waals surface area contributed by atoms with Crippen molar-refractivity contribution in [1.82, 2.24) is 4.72 Å². The van der Waals surface area contributed by atoms with E-state index in [1.54, 1.807) is 26.2 Å². The monoisotopic (exact) mass is 326 g/mol. The number of ether oxygens (including phenoxy) is 1. The second-order valence-corrected chi connectivity index (χ2v) is 8.00. The predicted octanol–water partition coefficient (Wildman–Crippen LogP) is 2.14. The molecule has 1 fully saturated rings. The van der Waals surface area contributed by atoms with E-state index in [9.17, 15) is 8.42 Å². The number of sulfonamides is 1. The van der Waals surface area contributed by atoms with E-state index in [4.69, 9.17) is 10.5 Å². The van der Waals surface area contributed by atoms with E-state index in [1.807, 2.05) is 13.8 Å². The summed E-state index contributed by atoms with van der Waals surface area (Å²) in [6.07, 6.45) is 2.09. The first-order valence-electron chi connectivity index (χ1n) is 7.71. The molecule has 0 heterocycles. The smallest absolute Gasteiger partial charge is 0.241 e. The van der Waals surface area contributed by atoms with Gasteiger partial charge in [-0.15, -0.1) is 0 Å². The molecule has 0 saturated heterocycles. The van der Waals surface area contributed by atoms with Gasteiger partial charge in [0.05, 0.1) is 12.0 Å². The van der Waals surface area contributed by atoms with Crippen LogP contribution in [0, 0.1) is 12.8 Å². The number of hydrogen-bond donors (Lipinski definition) is 2. The van der Waals surface area contributed by atoms with E-state index in [2.05, 4.69) is 4.72 Å². The zero-order chi connectivity index (χ0) is 16.5. The van der Waals surface area contributed by atoms with Crippen LogP contribution < -0.4 is 15.2 Å². The minimum Gasteiger partial charge on any atom is -0.496 e. The number of nitrogens with two attached hydrogens (primary N) is 1. The summed E-state index contributed by atoms with van der Waals surface area (Å²) in [5.41, 5.74) is 7.29. The Morgan fingerprint density at radius 3 is 2.45 bits per heavy atom. The maximum Gasteiger partial charge on any atom is 0.241 e. The highest BCUT2D eigenvalue weighted by Crippen LogP contribution is 2.34. The zero-order valence-electron chi connectivity index (χ0n) is 13.7. The average Bonchev–Trinajstić information content (AvgIpc) is 3.28. The topological polar surface area (TPSA) is 81.4 Å². The molecule has 124 valence electrons. The quantitative estimate of drug-likeness (QED) is 0.804. The van der Waals surface area contributed by atoms with Gasteiger partial charge in [0, 0.05) is 12.6 Å². The minimum atomic E-state index is -3.57. The molecular weight excluding hydrogens is 300 g/mol. The third-order valence-corrected chi connectivity index (χ3v) is 5.82. The van der Waals surface area contributed by atoms with Crippen LogP contribution in [0.4, 0.5) is 0 Å². The Morgan fingerprint density at radius 1 is 1.36 bits per heavy atom. The largest absolute Gasteiger partial charge is 0.496 e. The molecule has 3 N–H and O–H groups in total. The molecule has 2 rings (SSSR count). The molecule has 1 atom stereocenters. The minimum absolute atomic E-state index is 0.172. The van der Waals surface area contributed by atoms with Crippen molar-refractivity contribution >= 4 is 10.0 Å². The molecule has 0 radical (unpaired) electrons. The summed E-state index contributed by atoms with van der Waals surface area (Å²) in [5, 5.41) is 0. The normalized spacial score (nSPS) is 16.8. The van der Waals surface area contributed by atoms with Crippen molar-refractivity contribution in [2.75, 3.05) is 13.7 Å². The van der Waals surface area contributed by atoms with Crippen LogP contribution in [0.3, 0.4) is 0 Å². The molecule has 1 aliphatic rings. The van der Waals surface area contributed by atoms with Crippen LogP contribution in [-0.4, -0.2) is 28.1 Å². The molecule has 1 aromatic carbocycles. The van der Waals surface area contributed by atoms with Gasteiger partial charge in [0.2, 0.25) is 10.0 Å². The number of aryl methyl sites for hydroxylation is 1. The van der Waals surface area contributed by atoms with Crippen LogP contribution in [0.25, 0.3) is 0 Å². The number of rotatable bonds is 7. The maximum absolute atomic E-state index is 12.7. The van der Waals surface area contributed by atoms with Gasteiger partial charge in [0.1, 0.15) is 5.75 Å². The van der Waals surface area contributed by atoms with Gasteiger partial charge in [0.25, 0.3) is 0 Å². The molecule has 0 bridgehead atoms. The molecule has 1 aliphatic carbocycles. The lowest BCUT2D eigenvalue weighted by Crippen LogP contribution is -2.41. The van der Waals surface area contributed by atoms with Crippen LogP contribution in [0.2, 0.25) is 0 Å². The molecule has 0 aliphatic heterocycles. The number of hydrogen-bond acceptors (Lipinski definition) is 4. The summed E-state index contributed by atoms with van der Waals surface area (Å²) in [5.74, 6) is 1.28. The van der Waals surface area contributed by atoms with Crippen molar-refractivity contribution in [3.63, 3.8) is 0 Å². The van der Waals surface area contributed by atoms with Gasteiger partial charge in [-0.3, -0.25) is 0 Å². The number of methoxy groups -OCH3 is 1. The zero-order valence-corrected chi connectivity index (χ0v) is 14.5. The van der Waals surface area contributed by atoms with E-state index in [1.165, 1.54) is 0 Å². The Morgan fingerprint density at radius 2 is 2.00 bits per heavy atom. The first kappa shape index (κ1) is 17.2. The molecule has 1 saturated carbocycles. The standard InChI is InChI=1S/C16H26N2O3S/c1-10(2)13-8-16(11(3)7-15(13)21-4)22(19,20)18-14(9-17)12-5-6-12/h7-8,10,12,14,18H,5-6,9,17H2,1-4H3. The first-order valence-corrected chi connectivity index (χ1v) is 9.19. The molecule has 6 heteroatoms. The van der Waals surface area contributed by atoms with Crippen LogP contribution in [-0.2, 0) is 10.0 Å². The lowest BCUT2D eigenvalue weighted by atomic mass is 10.0. The van der Waals surface area contributed by atoms with Gasteiger partial charge in [-0.25, -0.2) is 13.1 Å². The van der Waals surface area contributed by atoms with E-state index < -0.39 is 10.0 Å². The fourth-order valence-corrected chi connectivity index (χ4v) is 4.27. The van der Waals surface area contributed by atoms with Crippen molar-refractivity contribution in [2.24, 2.45) is 11.7 Å². The fourth-order valence-electron chi connectivity index (χ4n) is 2.69. The Balaban J connectivity index is 2.39. The first-order chi connectivity index (χ1) is 10.3. The lowest BCUT2D eigenvalue weighted by molar-refractivity contribution is 0.406. The molecule has 1 aromatic rings. The van der Waals surface area contributed by atoms with Crippen molar-refractivity contribution in [1.29, 1.82) is 0 Å². The molecule has 0 spiro atoms. The Bertz CT molecular complexity index is 637. The highest BCUT2D eigenvalue weighted by Gasteiger charge is 2.34. The Hall–Kier alpha value is -1.11. The number of benzene rings is 1. The van der Waals surface area contributed by atoms with E-state index in [0.29, 0.717) is 22.9 Å². The Labute approximate surface area is 133 Å². The third-order valence-electron chi connectivity index (χ3n) is 4.19. The van der Waals surface area contributed by atoms with Gasteiger partial charge >= 0.3 is 0 Å². The van der Waals surface area contributed by atoms with Gasteiger partial charge in [-0.2, -0.15) is 0 Å².